The lowest BCUT2D eigenvalue weighted by molar-refractivity contribution is -0.138. The van der Waals surface area contributed by atoms with Crippen LogP contribution in [0.2, 0.25) is 0 Å². The molecule has 6 heteroatoms. The Morgan fingerprint density at radius 1 is 1.25 bits per heavy atom. The van der Waals surface area contributed by atoms with Crippen LogP contribution in [0.4, 0.5) is 18.9 Å². The number of nitrogens with two attached hydrogens (primary N) is 1. The summed E-state index contributed by atoms with van der Waals surface area (Å²) in [6.07, 6.45) is -2.79. The molecule has 0 unspecified atom stereocenters. The average Bonchev–Trinajstić information content (AvgIpc) is 2.41. The molecule has 2 rings (SSSR count). The van der Waals surface area contributed by atoms with E-state index in [0.29, 0.717) is 5.56 Å². The number of likely N-dealkylation sites (tertiary alicyclic amines) is 1. The van der Waals surface area contributed by atoms with E-state index in [4.69, 9.17) is 10.5 Å². The quantitative estimate of drug-likeness (QED) is 0.808. The Morgan fingerprint density at radius 3 is 2.30 bits per heavy atom. The van der Waals surface area contributed by atoms with Crippen molar-refractivity contribution in [3.8, 4) is 0 Å². The molecule has 1 fully saturated rings. The summed E-state index contributed by atoms with van der Waals surface area (Å²) in [4.78, 5) is 10.1. The average molecular weight is 288 g/mol. The van der Waals surface area contributed by atoms with E-state index in [-0.39, 0.29) is 11.6 Å². The minimum atomic E-state index is -4.33. The number of halogens is 3. The lowest BCUT2D eigenvalue weighted by atomic mass is 9.86. The number of hydrogen-bond acceptors (Lipinski definition) is 3. The number of nitrogen functional groups attached to an aromatic ring is 1. The zero-order valence-corrected chi connectivity index (χ0v) is 11.4. The maximum absolute atomic E-state index is 13.0. The van der Waals surface area contributed by atoms with Gasteiger partial charge >= 0.3 is 6.18 Å². The first-order chi connectivity index (χ1) is 9.38. The van der Waals surface area contributed by atoms with Crippen LogP contribution in [0.15, 0.2) is 18.2 Å². The fourth-order valence-corrected chi connectivity index (χ4v) is 2.49. The maximum Gasteiger partial charge on any atom is 0.416 e. The van der Waals surface area contributed by atoms with Crippen molar-refractivity contribution in [2.24, 2.45) is 0 Å². The van der Waals surface area contributed by atoms with Crippen molar-refractivity contribution in [2.45, 2.75) is 24.9 Å². The minimum Gasteiger partial charge on any atom is -0.399 e. The van der Waals surface area contributed by atoms with Gasteiger partial charge in [0.2, 0.25) is 0 Å². The first kappa shape index (κ1) is 16.5. The summed E-state index contributed by atoms with van der Waals surface area (Å²) >= 11 is 0. The molecule has 3 nitrogen and oxygen atoms in total. The van der Waals surface area contributed by atoms with Crippen molar-refractivity contribution in [2.75, 3.05) is 25.9 Å². The number of anilines is 1. The molecule has 0 atom stereocenters. The zero-order chi connectivity index (χ0) is 15.3. The van der Waals surface area contributed by atoms with Crippen LogP contribution in [0.3, 0.4) is 0 Å². The van der Waals surface area contributed by atoms with Gasteiger partial charge < -0.3 is 15.4 Å². The van der Waals surface area contributed by atoms with Crippen LogP contribution in [-0.2, 0) is 11.0 Å². The van der Waals surface area contributed by atoms with Gasteiger partial charge in [-0.25, -0.2) is 0 Å². The van der Waals surface area contributed by atoms with Gasteiger partial charge in [-0.05, 0) is 56.6 Å². The molecule has 2 N–H and O–H groups in total. The molecule has 20 heavy (non-hydrogen) atoms. The van der Waals surface area contributed by atoms with Gasteiger partial charge in [-0.1, -0.05) is 6.07 Å². The molecule has 0 amide bonds. The minimum absolute atomic E-state index is 0.0153. The molecule has 0 saturated carbocycles. The molecular weight excluding hydrogens is 269 g/mol. The fraction of sp³-hybridized carbons (Fsp3) is 0.500. The number of rotatable bonds is 1. The molecule has 1 saturated heterocycles. The topological polar surface area (TPSA) is 46.3 Å². The van der Waals surface area contributed by atoms with Crippen LogP contribution >= 0.6 is 0 Å². The van der Waals surface area contributed by atoms with Crippen LogP contribution in [0.25, 0.3) is 0 Å². The monoisotopic (exact) mass is 288 g/mol. The molecular formula is C14H19F3N2O. The summed E-state index contributed by atoms with van der Waals surface area (Å²) < 4.78 is 39.0. The van der Waals surface area contributed by atoms with Gasteiger partial charge in [0, 0.05) is 5.69 Å². The van der Waals surface area contributed by atoms with E-state index in [9.17, 15) is 13.2 Å². The maximum atomic E-state index is 13.0. The molecule has 1 heterocycles. The highest BCUT2D eigenvalue weighted by molar-refractivity contribution is 5.47. The van der Waals surface area contributed by atoms with Gasteiger partial charge in [-0.3, -0.25) is 0 Å². The highest BCUT2D eigenvalue weighted by atomic mass is 19.4. The van der Waals surface area contributed by atoms with E-state index in [1.807, 2.05) is 13.8 Å². The number of benzene rings is 1. The number of carbonyl (C=O) groups is 1. The molecule has 0 aromatic heterocycles. The predicted molar refractivity (Wildman–Crippen MR) is 72.4 cm³/mol. The van der Waals surface area contributed by atoms with Crippen molar-refractivity contribution >= 4 is 12.5 Å². The number of alkyl halides is 3. The normalized spacial score (nSPS) is 17.4. The highest BCUT2D eigenvalue weighted by Gasteiger charge is 2.35. The summed E-state index contributed by atoms with van der Waals surface area (Å²) in [5.74, 6) is -0.0153. The molecule has 0 bridgehead atoms. The van der Waals surface area contributed by atoms with Gasteiger partial charge in [0.25, 0.3) is 0 Å². The van der Waals surface area contributed by atoms with E-state index in [2.05, 4.69) is 4.90 Å². The van der Waals surface area contributed by atoms with Crippen LogP contribution in [0, 0.1) is 0 Å². The van der Waals surface area contributed by atoms with E-state index in [0.717, 1.165) is 32.0 Å². The molecule has 1 aliphatic heterocycles. The van der Waals surface area contributed by atoms with E-state index in [1.165, 1.54) is 6.07 Å². The fourth-order valence-electron chi connectivity index (χ4n) is 2.49. The largest absolute Gasteiger partial charge is 0.416 e. The lowest BCUT2D eigenvalue weighted by Crippen LogP contribution is -2.30. The Kier molecular flexibility index (Phi) is 5.56. The van der Waals surface area contributed by atoms with Gasteiger partial charge in [-0.15, -0.1) is 0 Å². The second-order valence-electron chi connectivity index (χ2n) is 4.92. The zero-order valence-electron chi connectivity index (χ0n) is 11.4. The van der Waals surface area contributed by atoms with E-state index in [1.54, 1.807) is 6.07 Å². The summed E-state index contributed by atoms with van der Waals surface area (Å²) in [6.45, 7) is 3.68. The third kappa shape index (κ3) is 3.96. The Bertz CT molecular complexity index is 441. The van der Waals surface area contributed by atoms with Crippen molar-refractivity contribution in [3.63, 3.8) is 0 Å². The number of piperidine rings is 1. The molecule has 112 valence electrons. The number of nitrogens with zero attached hydrogens (tertiary/aromatic N) is 1. The number of hydrogen-bond donors (Lipinski definition) is 1. The Labute approximate surface area is 116 Å². The third-order valence-corrected chi connectivity index (χ3v) is 3.54. The highest BCUT2D eigenvalue weighted by Crippen LogP contribution is 2.39. The number of carbonyl (C=O) groups excluding carboxylic acids is 1. The van der Waals surface area contributed by atoms with Gasteiger partial charge in [-0.2, -0.15) is 13.2 Å². The first-order valence-electron chi connectivity index (χ1n) is 6.32. The van der Waals surface area contributed by atoms with Crippen molar-refractivity contribution in [1.29, 1.82) is 0 Å². The second-order valence-corrected chi connectivity index (χ2v) is 4.92. The lowest BCUT2D eigenvalue weighted by Gasteiger charge is -2.30. The third-order valence-electron chi connectivity index (χ3n) is 3.54. The van der Waals surface area contributed by atoms with Crippen LogP contribution in [0.1, 0.15) is 29.9 Å². The smallest absolute Gasteiger partial charge is 0.399 e. The molecule has 0 spiro atoms. The summed E-state index contributed by atoms with van der Waals surface area (Å²) in [5.41, 5.74) is 5.45. The molecule has 1 aliphatic rings. The summed E-state index contributed by atoms with van der Waals surface area (Å²) in [5, 5.41) is 0. The second kappa shape index (κ2) is 6.74. The van der Waals surface area contributed by atoms with E-state index < -0.39 is 11.7 Å². The Hall–Kier alpha value is -1.56. The SMILES string of the molecule is C=O.CN1CCC(c2ccc(N)cc2C(F)(F)F)CC1. The molecule has 1 aromatic carbocycles. The van der Waals surface area contributed by atoms with Crippen molar-refractivity contribution < 1.29 is 18.0 Å². The Morgan fingerprint density at radius 2 is 1.80 bits per heavy atom. The van der Waals surface area contributed by atoms with Gasteiger partial charge in [0.1, 0.15) is 6.79 Å². The predicted octanol–water partition coefficient (Wildman–Crippen LogP) is 2.91. The Balaban J connectivity index is 0.000000956. The van der Waals surface area contributed by atoms with Crippen LogP contribution < -0.4 is 5.73 Å². The molecule has 0 radical (unpaired) electrons. The standard InChI is InChI=1S/C13H17F3N2.CH2O/c1-18-6-4-9(5-7-18)11-3-2-10(17)8-12(11)13(14,15)16;1-2/h2-3,8-9H,4-7,17H2,1H3;1H2. The van der Waals surface area contributed by atoms with E-state index >= 15 is 0 Å². The van der Waals surface area contributed by atoms with Crippen molar-refractivity contribution in [3.05, 3.63) is 29.3 Å². The van der Waals surface area contributed by atoms with Crippen molar-refractivity contribution in [1.82, 2.24) is 4.90 Å². The van der Waals surface area contributed by atoms with Gasteiger partial charge in [0.15, 0.2) is 0 Å². The summed E-state index contributed by atoms with van der Waals surface area (Å²) in [6, 6.07) is 4.14. The summed E-state index contributed by atoms with van der Waals surface area (Å²) in [7, 11) is 1.99. The first-order valence-corrected chi connectivity index (χ1v) is 6.32. The van der Waals surface area contributed by atoms with Gasteiger partial charge in [0.05, 0.1) is 5.56 Å². The van der Waals surface area contributed by atoms with Crippen LogP contribution in [-0.4, -0.2) is 31.8 Å². The molecule has 0 aliphatic carbocycles. The molecule has 1 aromatic rings. The van der Waals surface area contributed by atoms with Crippen LogP contribution in [0.5, 0.6) is 0 Å².